The molecule has 2 nitrogen and oxygen atoms in total. The Hall–Kier alpha value is -1.28. The first-order valence-electron chi connectivity index (χ1n) is 4.90. The van der Waals surface area contributed by atoms with Crippen LogP contribution in [-0.4, -0.2) is 5.78 Å². The average Bonchev–Trinajstić information content (AvgIpc) is 2.28. The van der Waals surface area contributed by atoms with Crippen molar-refractivity contribution in [1.82, 2.24) is 0 Å². The summed E-state index contributed by atoms with van der Waals surface area (Å²) in [7, 11) is 0. The smallest absolute Gasteiger partial charge is 0.264 e. The number of hydrogen-bond donors (Lipinski definition) is 0. The Kier molecular flexibility index (Phi) is 4.76. The van der Waals surface area contributed by atoms with Gasteiger partial charge in [0.1, 0.15) is 5.78 Å². The molecule has 1 aromatic rings. The van der Waals surface area contributed by atoms with E-state index in [1.54, 1.807) is 6.07 Å². The molecule has 0 aromatic heterocycles. The van der Waals surface area contributed by atoms with Crippen LogP contribution < -0.4 is 0 Å². The largest absolute Gasteiger partial charge is 0.298 e. The van der Waals surface area contributed by atoms with Crippen molar-refractivity contribution in [3.63, 3.8) is 0 Å². The molecule has 0 aliphatic heterocycles. The van der Waals surface area contributed by atoms with Gasteiger partial charge in [-0.05, 0) is 18.1 Å². The summed E-state index contributed by atoms with van der Waals surface area (Å²) in [5.41, 5.74) is 0.494. The summed E-state index contributed by atoms with van der Waals surface area (Å²) in [5.74, 6) is -0.185. The molecule has 0 spiro atoms. The van der Waals surface area contributed by atoms with Crippen molar-refractivity contribution in [2.75, 3.05) is 0 Å². The highest BCUT2D eigenvalue weighted by Crippen LogP contribution is 2.33. The molecule has 0 saturated carbocycles. The fourth-order valence-electron chi connectivity index (χ4n) is 1.57. The number of alkyl halides is 3. The lowest BCUT2D eigenvalue weighted by Crippen LogP contribution is -2.07. The van der Waals surface area contributed by atoms with Gasteiger partial charge in [-0.25, -0.2) is 8.78 Å². The number of carbonyl (C=O) groups is 1. The van der Waals surface area contributed by atoms with E-state index in [1.807, 2.05) is 6.07 Å². The maximum absolute atomic E-state index is 12.8. The Bertz CT molecular complexity index is 468. The van der Waals surface area contributed by atoms with Gasteiger partial charge in [-0.15, -0.1) is 0 Å². The van der Waals surface area contributed by atoms with E-state index in [-0.39, 0.29) is 23.3 Å². The summed E-state index contributed by atoms with van der Waals surface area (Å²) in [5, 5.41) is 8.68. The number of benzene rings is 1. The summed E-state index contributed by atoms with van der Waals surface area (Å²) < 4.78 is 25.6. The van der Waals surface area contributed by atoms with Crippen LogP contribution in [0.2, 0.25) is 0 Å². The molecule has 90 valence electrons. The maximum atomic E-state index is 12.8. The van der Waals surface area contributed by atoms with Crippen molar-refractivity contribution in [2.24, 2.45) is 0 Å². The molecule has 0 heterocycles. The molecule has 0 amide bonds. The van der Waals surface area contributed by atoms with E-state index < -0.39 is 11.3 Å². The Balaban J connectivity index is 3.35. The van der Waals surface area contributed by atoms with Gasteiger partial charge in [0.25, 0.3) is 6.43 Å². The molecular formula is C12H10BrF2NO. The van der Waals surface area contributed by atoms with Crippen LogP contribution >= 0.6 is 15.9 Å². The van der Waals surface area contributed by atoms with Crippen LogP contribution in [0.1, 0.15) is 34.9 Å². The minimum Gasteiger partial charge on any atom is -0.298 e. The van der Waals surface area contributed by atoms with Crippen LogP contribution in [-0.2, 0) is 11.2 Å². The van der Waals surface area contributed by atoms with E-state index in [4.69, 9.17) is 5.26 Å². The minimum atomic E-state index is -2.65. The summed E-state index contributed by atoms with van der Waals surface area (Å²) in [6, 6.07) is 6.18. The number of Topliss-reactive ketones (excluding diaryl/α,β-unsaturated/α-hetero) is 1. The predicted molar refractivity (Wildman–Crippen MR) is 63.1 cm³/mol. The quantitative estimate of drug-likeness (QED) is 0.795. The van der Waals surface area contributed by atoms with Crippen LogP contribution in [0.15, 0.2) is 18.2 Å². The topological polar surface area (TPSA) is 40.9 Å². The van der Waals surface area contributed by atoms with E-state index in [9.17, 15) is 13.6 Å². The van der Waals surface area contributed by atoms with E-state index in [0.717, 1.165) is 0 Å². The van der Waals surface area contributed by atoms with Gasteiger partial charge >= 0.3 is 0 Å². The highest BCUT2D eigenvalue weighted by atomic mass is 79.9. The van der Waals surface area contributed by atoms with Gasteiger partial charge in [-0.3, -0.25) is 4.79 Å². The van der Waals surface area contributed by atoms with E-state index in [1.165, 1.54) is 19.1 Å². The second-order valence-corrected chi connectivity index (χ2v) is 4.44. The fraction of sp³-hybridized carbons (Fsp3) is 0.333. The Morgan fingerprint density at radius 3 is 2.53 bits per heavy atom. The molecule has 0 radical (unpaired) electrons. The van der Waals surface area contributed by atoms with Crippen LogP contribution in [0.25, 0.3) is 0 Å². The summed E-state index contributed by atoms with van der Waals surface area (Å²) in [6.07, 6.45) is -2.78. The third kappa shape index (κ3) is 3.10. The Morgan fingerprint density at radius 2 is 2.06 bits per heavy atom. The van der Waals surface area contributed by atoms with Crippen molar-refractivity contribution in [1.29, 1.82) is 5.26 Å². The second-order valence-electron chi connectivity index (χ2n) is 3.52. The summed E-state index contributed by atoms with van der Waals surface area (Å²) in [4.78, 5) is 10.6. The molecule has 0 N–H and O–H groups in total. The van der Waals surface area contributed by atoms with Crippen LogP contribution in [0.3, 0.4) is 0 Å². The van der Waals surface area contributed by atoms with Crippen molar-refractivity contribution >= 4 is 21.7 Å². The number of ketones is 1. The SMILES string of the molecule is CC(=O)C(Br)c1cccc(C(F)F)c1CC#N. The molecule has 17 heavy (non-hydrogen) atoms. The van der Waals surface area contributed by atoms with E-state index >= 15 is 0 Å². The molecule has 1 rings (SSSR count). The fourth-order valence-corrected chi connectivity index (χ4v) is 2.00. The monoisotopic (exact) mass is 301 g/mol. The molecule has 1 atom stereocenters. The zero-order chi connectivity index (χ0) is 13.0. The van der Waals surface area contributed by atoms with Gasteiger partial charge in [-0.2, -0.15) is 5.26 Å². The van der Waals surface area contributed by atoms with Gasteiger partial charge in [0.2, 0.25) is 0 Å². The lowest BCUT2D eigenvalue weighted by molar-refractivity contribution is -0.116. The van der Waals surface area contributed by atoms with Gasteiger partial charge in [0.05, 0.1) is 17.3 Å². The number of nitriles is 1. The number of carbonyl (C=O) groups excluding carboxylic acids is 1. The molecule has 5 heteroatoms. The van der Waals surface area contributed by atoms with Crippen LogP contribution in [0.4, 0.5) is 8.78 Å². The van der Waals surface area contributed by atoms with E-state index in [0.29, 0.717) is 5.56 Å². The Labute approximate surface area is 106 Å². The molecule has 1 aromatic carbocycles. The molecule has 0 aliphatic rings. The Morgan fingerprint density at radius 1 is 1.47 bits per heavy atom. The molecule has 0 bridgehead atoms. The van der Waals surface area contributed by atoms with Gasteiger partial charge in [0, 0.05) is 5.56 Å². The highest BCUT2D eigenvalue weighted by molar-refractivity contribution is 9.09. The number of halogens is 3. The lowest BCUT2D eigenvalue weighted by atomic mass is 9.95. The van der Waals surface area contributed by atoms with Crippen molar-refractivity contribution in [2.45, 2.75) is 24.6 Å². The third-order valence-corrected chi connectivity index (χ3v) is 3.51. The zero-order valence-electron chi connectivity index (χ0n) is 9.08. The average molecular weight is 302 g/mol. The summed E-state index contributed by atoms with van der Waals surface area (Å²) >= 11 is 3.15. The third-order valence-electron chi connectivity index (χ3n) is 2.37. The first-order valence-corrected chi connectivity index (χ1v) is 5.82. The molecular weight excluding hydrogens is 292 g/mol. The van der Waals surface area contributed by atoms with Gasteiger partial charge < -0.3 is 0 Å². The highest BCUT2D eigenvalue weighted by Gasteiger charge is 2.21. The van der Waals surface area contributed by atoms with Gasteiger partial charge in [-0.1, -0.05) is 34.1 Å². The van der Waals surface area contributed by atoms with Crippen molar-refractivity contribution < 1.29 is 13.6 Å². The molecule has 0 saturated heterocycles. The first kappa shape index (κ1) is 13.8. The maximum Gasteiger partial charge on any atom is 0.264 e. The van der Waals surface area contributed by atoms with Crippen LogP contribution in [0.5, 0.6) is 0 Å². The number of nitrogens with zero attached hydrogens (tertiary/aromatic N) is 1. The molecule has 0 aliphatic carbocycles. The lowest BCUT2D eigenvalue weighted by Gasteiger charge is -2.14. The van der Waals surface area contributed by atoms with Crippen molar-refractivity contribution in [3.05, 3.63) is 34.9 Å². The first-order chi connectivity index (χ1) is 7.99. The van der Waals surface area contributed by atoms with Crippen molar-refractivity contribution in [3.8, 4) is 6.07 Å². The number of rotatable bonds is 4. The zero-order valence-corrected chi connectivity index (χ0v) is 10.7. The second kappa shape index (κ2) is 5.87. The summed E-state index contributed by atoms with van der Waals surface area (Å²) in [6.45, 7) is 1.37. The van der Waals surface area contributed by atoms with Crippen LogP contribution in [0, 0.1) is 11.3 Å². The normalized spacial score (nSPS) is 12.2. The van der Waals surface area contributed by atoms with E-state index in [2.05, 4.69) is 15.9 Å². The predicted octanol–water partition coefficient (Wildman–Crippen LogP) is 3.72. The molecule has 1 unspecified atom stereocenters. The standard InChI is InChI=1S/C12H10BrF2NO/c1-7(17)11(13)9-3-2-4-10(12(14)15)8(9)5-6-16/h2-4,11-12H,5H2,1H3. The molecule has 0 fully saturated rings. The number of hydrogen-bond acceptors (Lipinski definition) is 2. The minimum absolute atomic E-state index is 0.134. The van der Waals surface area contributed by atoms with Gasteiger partial charge in [0.15, 0.2) is 0 Å².